The third-order valence-electron chi connectivity index (χ3n) is 12.1. The molecule has 0 radical (unpaired) electrons. The molecule has 0 atom stereocenters. The summed E-state index contributed by atoms with van der Waals surface area (Å²) in [5, 5.41) is 4.82. The Kier molecular flexibility index (Phi) is 8.12. The summed E-state index contributed by atoms with van der Waals surface area (Å²) >= 11 is 0. The number of anilines is 3. The first kappa shape index (κ1) is 33.8. The third-order valence-corrected chi connectivity index (χ3v) is 12.1. The highest BCUT2D eigenvalue weighted by Gasteiger charge is 2.47. The zero-order chi connectivity index (χ0) is 38.5. The van der Waals surface area contributed by atoms with Gasteiger partial charge >= 0.3 is 0 Å². The van der Waals surface area contributed by atoms with Gasteiger partial charge in [-0.3, -0.25) is 0 Å². The van der Waals surface area contributed by atoms with Gasteiger partial charge in [-0.05, 0) is 85.1 Å². The molecule has 0 spiro atoms. The van der Waals surface area contributed by atoms with Crippen LogP contribution in [0.5, 0.6) is 0 Å². The molecular weight excluding hydrogens is 699 g/mol. The molecule has 0 bridgehead atoms. The van der Waals surface area contributed by atoms with E-state index < -0.39 is 5.41 Å². The Morgan fingerprint density at radius 2 is 0.810 bits per heavy atom. The molecule has 1 aliphatic rings. The molecule has 0 fully saturated rings. The van der Waals surface area contributed by atoms with Crippen molar-refractivity contribution < 1.29 is 0 Å². The van der Waals surface area contributed by atoms with E-state index in [-0.39, 0.29) is 0 Å². The fourth-order valence-corrected chi connectivity index (χ4v) is 9.68. The lowest BCUT2D eigenvalue weighted by Crippen LogP contribution is -2.28. The molecule has 1 nitrogen and oxygen atoms in total. The Bertz CT molecular complexity index is 3070. The highest BCUT2D eigenvalue weighted by Crippen LogP contribution is 2.60. The fourth-order valence-electron chi connectivity index (χ4n) is 9.68. The molecule has 0 aliphatic heterocycles. The maximum atomic E-state index is 2.54. The van der Waals surface area contributed by atoms with Crippen LogP contribution in [-0.4, -0.2) is 0 Å². The third kappa shape index (κ3) is 5.25. The Morgan fingerprint density at radius 3 is 1.59 bits per heavy atom. The molecule has 0 unspecified atom stereocenters. The van der Waals surface area contributed by atoms with Gasteiger partial charge in [-0.2, -0.15) is 0 Å². The van der Waals surface area contributed by atoms with Crippen LogP contribution in [-0.2, 0) is 5.41 Å². The van der Waals surface area contributed by atoms with Crippen molar-refractivity contribution in [3.05, 3.63) is 259 Å². The SMILES string of the molecule is c1ccc(-c2cccc(-c3ccc(N(c4cccc5c4-c4ccccc4C5(c4ccccc4)c4ccccc4)c4cccc5ccccc45)c4ccccc34)c2)cc1. The summed E-state index contributed by atoms with van der Waals surface area (Å²) in [5.74, 6) is 0. The van der Waals surface area contributed by atoms with E-state index >= 15 is 0 Å². The Balaban J connectivity index is 1.21. The largest absolute Gasteiger partial charge is 0.309 e. The molecule has 1 aliphatic carbocycles. The van der Waals surface area contributed by atoms with Gasteiger partial charge in [0.1, 0.15) is 0 Å². The van der Waals surface area contributed by atoms with Gasteiger partial charge in [0.2, 0.25) is 0 Å². The maximum absolute atomic E-state index is 2.54. The van der Waals surface area contributed by atoms with E-state index in [1.54, 1.807) is 0 Å². The average Bonchev–Trinajstić information content (AvgIpc) is 3.62. The van der Waals surface area contributed by atoms with Crippen LogP contribution in [0.1, 0.15) is 22.3 Å². The van der Waals surface area contributed by atoms with E-state index in [1.165, 1.54) is 77.2 Å². The van der Waals surface area contributed by atoms with Gasteiger partial charge in [0.25, 0.3) is 0 Å². The van der Waals surface area contributed by atoms with Crippen LogP contribution in [0.4, 0.5) is 17.1 Å². The van der Waals surface area contributed by atoms with Crippen molar-refractivity contribution in [2.75, 3.05) is 4.90 Å². The molecule has 272 valence electrons. The topological polar surface area (TPSA) is 3.24 Å². The van der Waals surface area contributed by atoms with Crippen LogP contribution < -0.4 is 4.90 Å². The minimum atomic E-state index is -0.509. The molecule has 0 N–H and O–H groups in total. The van der Waals surface area contributed by atoms with Crippen LogP contribution in [0.3, 0.4) is 0 Å². The molecule has 0 amide bonds. The van der Waals surface area contributed by atoms with Gasteiger partial charge in [0.05, 0.1) is 22.5 Å². The van der Waals surface area contributed by atoms with Crippen LogP contribution >= 0.6 is 0 Å². The van der Waals surface area contributed by atoms with Crippen molar-refractivity contribution in [3.63, 3.8) is 0 Å². The van der Waals surface area contributed by atoms with Gasteiger partial charge in [-0.1, -0.05) is 212 Å². The zero-order valence-corrected chi connectivity index (χ0v) is 32.0. The maximum Gasteiger partial charge on any atom is 0.0714 e. The van der Waals surface area contributed by atoms with Crippen LogP contribution in [0, 0.1) is 0 Å². The highest BCUT2D eigenvalue weighted by molar-refractivity contribution is 6.11. The quantitative estimate of drug-likeness (QED) is 0.157. The van der Waals surface area contributed by atoms with Crippen LogP contribution in [0.2, 0.25) is 0 Å². The highest BCUT2D eigenvalue weighted by atomic mass is 15.1. The summed E-state index contributed by atoms with van der Waals surface area (Å²) in [6.45, 7) is 0. The Morgan fingerprint density at radius 1 is 0.293 bits per heavy atom. The van der Waals surface area contributed by atoms with Crippen molar-refractivity contribution >= 4 is 38.6 Å². The van der Waals surface area contributed by atoms with Crippen molar-refractivity contribution in [1.82, 2.24) is 0 Å². The molecule has 0 aromatic heterocycles. The van der Waals surface area contributed by atoms with E-state index in [4.69, 9.17) is 0 Å². The first-order chi connectivity index (χ1) is 28.8. The lowest BCUT2D eigenvalue weighted by Gasteiger charge is -2.34. The molecule has 58 heavy (non-hydrogen) atoms. The normalized spacial score (nSPS) is 12.6. The lowest BCUT2D eigenvalue weighted by atomic mass is 9.68. The number of rotatable bonds is 7. The van der Waals surface area contributed by atoms with Crippen molar-refractivity contribution in [2.45, 2.75) is 5.41 Å². The van der Waals surface area contributed by atoms with E-state index in [2.05, 4.69) is 241 Å². The fraction of sp³-hybridized carbons (Fsp3) is 0.0175. The van der Waals surface area contributed by atoms with Crippen molar-refractivity contribution in [3.8, 4) is 33.4 Å². The van der Waals surface area contributed by atoms with Crippen LogP contribution in [0.15, 0.2) is 237 Å². The zero-order valence-electron chi connectivity index (χ0n) is 32.0. The molecular formula is C57H39N. The van der Waals surface area contributed by atoms with E-state index in [0.29, 0.717) is 0 Å². The monoisotopic (exact) mass is 737 g/mol. The smallest absolute Gasteiger partial charge is 0.0714 e. The summed E-state index contributed by atoms with van der Waals surface area (Å²) in [6, 6.07) is 86.9. The minimum Gasteiger partial charge on any atom is -0.309 e. The molecule has 0 saturated carbocycles. The lowest BCUT2D eigenvalue weighted by molar-refractivity contribution is 0.768. The summed E-state index contributed by atoms with van der Waals surface area (Å²) in [4.78, 5) is 2.54. The average molecular weight is 738 g/mol. The molecule has 10 aromatic carbocycles. The summed E-state index contributed by atoms with van der Waals surface area (Å²) < 4.78 is 0. The van der Waals surface area contributed by atoms with Gasteiger partial charge in [0.15, 0.2) is 0 Å². The van der Waals surface area contributed by atoms with Gasteiger partial charge in [0, 0.05) is 16.3 Å². The van der Waals surface area contributed by atoms with E-state index in [9.17, 15) is 0 Å². The Labute approximate surface area is 339 Å². The predicted molar refractivity (Wildman–Crippen MR) is 244 cm³/mol. The number of hydrogen-bond acceptors (Lipinski definition) is 1. The summed E-state index contributed by atoms with van der Waals surface area (Å²) in [7, 11) is 0. The minimum absolute atomic E-state index is 0.509. The molecule has 0 saturated heterocycles. The van der Waals surface area contributed by atoms with Crippen molar-refractivity contribution in [2.24, 2.45) is 0 Å². The van der Waals surface area contributed by atoms with Crippen molar-refractivity contribution in [1.29, 1.82) is 0 Å². The number of hydrogen-bond donors (Lipinski definition) is 0. The van der Waals surface area contributed by atoms with E-state index in [1.807, 2.05) is 0 Å². The Hall–Kier alpha value is -7.48. The van der Waals surface area contributed by atoms with E-state index in [0.717, 1.165) is 17.1 Å². The van der Waals surface area contributed by atoms with Gasteiger partial charge < -0.3 is 4.90 Å². The summed E-state index contributed by atoms with van der Waals surface area (Å²) in [5.41, 5.74) is 15.4. The van der Waals surface area contributed by atoms with Gasteiger partial charge in [-0.15, -0.1) is 0 Å². The second-order valence-corrected chi connectivity index (χ2v) is 15.2. The predicted octanol–water partition coefficient (Wildman–Crippen LogP) is 15.2. The number of fused-ring (bicyclic) bond motifs is 5. The first-order valence-electron chi connectivity index (χ1n) is 20.1. The standard InChI is InChI=1S/C57H39N/c1-4-19-40(20-5-1)42-23-16-24-43(39-42)46-37-38-54(49-31-13-12-30-48(46)49)58(53-35-17-22-41-21-10-11-29-47(41)53)55-36-18-34-52-56(55)50-32-14-15-33-51(50)57(52,44-25-6-2-7-26-44)45-27-8-3-9-28-45/h1-39H. The number of nitrogens with zero attached hydrogens (tertiary/aromatic N) is 1. The molecule has 0 heterocycles. The second kappa shape index (κ2) is 13.9. The second-order valence-electron chi connectivity index (χ2n) is 15.2. The van der Waals surface area contributed by atoms with Crippen LogP contribution in [0.25, 0.3) is 54.9 Å². The summed E-state index contributed by atoms with van der Waals surface area (Å²) in [6.07, 6.45) is 0. The number of benzene rings is 10. The molecule has 11 rings (SSSR count). The molecule has 1 heteroatoms. The molecule has 10 aromatic rings. The van der Waals surface area contributed by atoms with Gasteiger partial charge in [-0.25, -0.2) is 0 Å². The first-order valence-corrected chi connectivity index (χ1v) is 20.1.